The van der Waals surface area contributed by atoms with Crippen molar-refractivity contribution in [3.8, 4) is 0 Å². The molecule has 1 amide bonds. The van der Waals surface area contributed by atoms with Crippen molar-refractivity contribution in [1.29, 1.82) is 0 Å². The van der Waals surface area contributed by atoms with Gasteiger partial charge in [-0.15, -0.1) is 0 Å². The van der Waals surface area contributed by atoms with Crippen LogP contribution >= 0.6 is 0 Å². The van der Waals surface area contributed by atoms with Crippen molar-refractivity contribution in [1.82, 2.24) is 26.1 Å². The molecule has 26 heavy (non-hydrogen) atoms. The summed E-state index contributed by atoms with van der Waals surface area (Å²) >= 11 is 0. The van der Waals surface area contributed by atoms with E-state index in [2.05, 4.69) is 68.6 Å². The molecule has 138 valence electrons. The lowest BCUT2D eigenvalue weighted by atomic mass is 10.00. The maximum atomic E-state index is 11.9. The van der Waals surface area contributed by atoms with Gasteiger partial charge in [0.15, 0.2) is 0 Å². The summed E-state index contributed by atoms with van der Waals surface area (Å²) in [5.41, 5.74) is 8.14. The molecular formula is C19H26N6O. The van der Waals surface area contributed by atoms with E-state index in [9.17, 15) is 4.79 Å². The summed E-state index contributed by atoms with van der Waals surface area (Å²) in [6, 6.07) is 11.1. The van der Waals surface area contributed by atoms with Crippen LogP contribution in [-0.4, -0.2) is 40.4 Å². The van der Waals surface area contributed by atoms with Crippen LogP contribution in [0.3, 0.4) is 0 Å². The smallest absolute Gasteiger partial charge is 0.220 e. The predicted molar refractivity (Wildman–Crippen MR) is 100 cm³/mol. The van der Waals surface area contributed by atoms with Crippen LogP contribution in [0.2, 0.25) is 0 Å². The third-order valence-electron chi connectivity index (χ3n) is 5.17. The molecular weight excluding hydrogens is 328 g/mol. The first-order valence-corrected chi connectivity index (χ1v) is 9.41. The monoisotopic (exact) mass is 354 g/mol. The Balaban J connectivity index is 1.37. The van der Waals surface area contributed by atoms with E-state index in [-0.39, 0.29) is 12.1 Å². The maximum Gasteiger partial charge on any atom is 0.220 e. The molecule has 7 heteroatoms. The van der Waals surface area contributed by atoms with Gasteiger partial charge in [-0.3, -0.25) is 10.2 Å². The summed E-state index contributed by atoms with van der Waals surface area (Å²) in [5, 5.41) is 9.60. The largest absolute Gasteiger partial charge is 0.356 e. The van der Waals surface area contributed by atoms with Gasteiger partial charge in [0, 0.05) is 31.8 Å². The van der Waals surface area contributed by atoms with E-state index in [0.717, 1.165) is 25.2 Å². The van der Waals surface area contributed by atoms with Crippen molar-refractivity contribution in [2.45, 2.75) is 50.9 Å². The van der Waals surface area contributed by atoms with E-state index >= 15 is 0 Å². The van der Waals surface area contributed by atoms with E-state index in [4.69, 9.17) is 0 Å². The Kier molecular flexibility index (Phi) is 4.79. The van der Waals surface area contributed by atoms with E-state index in [1.165, 1.54) is 5.56 Å². The number of nitrogens with one attached hydrogen (secondary N) is 3. The van der Waals surface area contributed by atoms with Crippen molar-refractivity contribution in [3.63, 3.8) is 0 Å². The van der Waals surface area contributed by atoms with Gasteiger partial charge in [-0.25, -0.2) is 5.43 Å². The number of rotatable bonds is 6. The molecule has 3 atom stereocenters. The number of hydrogen-bond donors (Lipinski definition) is 3. The second-order valence-corrected chi connectivity index (χ2v) is 6.96. The van der Waals surface area contributed by atoms with Crippen LogP contribution in [0.4, 0.5) is 0 Å². The summed E-state index contributed by atoms with van der Waals surface area (Å²) in [6.07, 6.45) is 7.30. The summed E-state index contributed by atoms with van der Waals surface area (Å²) in [5.74, 6) is 1.02. The molecule has 7 nitrogen and oxygen atoms in total. The number of amidine groups is 1. The average Bonchev–Trinajstić information content (AvgIpc) is 3.29. The quantitative estimate of drug-likeness (QED) is 0.724. The Morgan fingerprint density at radius 2 is 2.15 bits per heavy atom. The van der Waals surface area contributed by atoms with E-state index in [1.54, 1.807) is 0 Å². The highest BCUT2D eigenvalue weighted by Gasteiger charge is 2.43. The molecule has 0 aromatic heterocycles. The fourth-order valence-corrected chi connectivity index (χ4v) is 3.79. The number of hydrogen-bond acceptors (Lipinski definition) is 6. The van der Waals surface area contributed by atoms with Gasteiger partial charge in [0.25, 0.3) is 0 Å². The Hall–Kier alpha value is -2.54. The Labute approximate surface area is 154 Å². The van der Waals surface area contributed by atoms with Crippen molar-refractivity contribution in [2.75, 3.05) is 6.54 Å². The summed E-state index contributed by atoms with van der Waals surface area (Å²) in [7, 11) is 0. The second kappa shape index (κ2) is 7.37. The number of hydrazone groups is 1. The Bertz CT molecular complexity index is 703. The van der Waals surface area contributed by atoms with Crippen molar-refractivity contribution in [2.24, 2.45) is 5.10 Å². The maximum absolute atomic E-state index is 11.9. The highest BCUT2D eigenvalue weighted by atomic mass is 16.1. The van der Waals surface area contributed by atoms with Crippen LogP contribution in [0.1, 0.15) is 44.2 Å². The highest BCUT2D eigenvalue weighted by molar-refractivity contribution is 5.89. The first-order chi connectivity index (χ1) is 12.8. The molecule has 3 unspecified atom stereocenters. The topological polar surface area (TPSA) is 72.0 Å². The van der Waals surface area contributed by atoms with Gasteiger partial charge >= 0.3 is 0 Å². The van der Waals surface area contributed by atoms with Crippen LogP contribution in [0.25, 0.3) is 0 Å². The number of carbonyl (C=O) groups excluding carboxylic acids is 1. The molecule has 4 rings (SSSR count). The van der Waals surface area contributed by atoms with Gasteiger partial charge in [0.1, 0.15) is 12.0 Å². The third-order valence-corrected chi connectivity index (χ3v) is 5.17. The molecule has 3 aliphatic heterocycles. The van der Waals surface area contributed by atoms with Crippen LogP contribution in [0, 0.1) is 0 Å². The molecule has 1 fully saturated rings. The second-order valence-electron chi connectivity index (χ2n) is 6.96. The molecule has 3 heterocycles. The summed E-state index contributed by atoms with van der Waals surface area (Å²) in [6.45, 7) is 2.79. The minimum absolute atomic E-state index is 0.0901. The molecule has 3 aliphatic rings. The lowest BCUT2D eigenvalue weighted by Gasteiger charge is -2.37. The van der Waals surface area contributed by atoms with Gasteiger partial charge < -0.3 is 15.2 Å². The zero-order chi connectivity index (χ0) is 17.9. The Morgan fingerprint density at radius 1 is 1.31 bits per heavy atom. The lowest BCUT2D eigenvalue weighted by molar-refractivity contribution is -0.120. The fraction of sp³-hybridized carbons (Fsp3) is 0.474. The van der Waals surface area contributed by atoms with Crippen molar-refractivity contribution in [3.05, 3.63) is 48.3 Å². The normalized spacial score (nSPS) is 26.2. The molecule has 0 aliphatic carbocycles. The van der Waals surface area contributed by atoms with Gasteiger partial charge in [0.2, 0.25) is 5.91 Å². The van der Waals surface area contributed by atoms with E-state index in [1.807, 2.05) is 12.3 Å². The fourth-order valence-electron chi connectivity index (χ4n) is 3.79. The first-order valence-electron chi connectivity index (χ1n) is 9.41. The Morgan fingerprint density at radius 3 is 2.96 bits per heavy atom. The molecule has 1 aromatic carbocycles. The van der Waals surface area contributed by atoms with Crippen LogP contribution in [0.5, 0.6) is 0 Å². The van der Waals surface area contributed by atoms with Crippen molar-refractivity contribution >= 4 is 11.7 Å². The highest BCUT2D eigenvalue weighted by Crippen LogP contribution is 2.34. The minimum Gasteiger partial charge on any atom is -0.356 e. The standard InChI is InChI=1S/C19H26N6O/c1-2-10-20-18(26)9-8-17-21-22-19-16-13-15(14-6-4-3-5-7-14)23-25(16)12-11-24(17)19/h3-7,11-12,15-16,19,22-23H,2,8-10,13H2,1H3,(H,20,26). The summed E-state index contributed by atoms with van der Waals surface area (Å²) < 4.78 is 0. The number of nitrogens with zero attached hydrogens (tertiary/aromatic N) is 3. The lowest BCUT2D eigenvalue weighted by Crippen LogP contribution is -2.54. The molecule has 1 aromatic rings. The first kappa shape index (κ1) is 16.9. The zero-order valence-electron chi connectivity index (χ0n) is 15.1. The molecule has 0 radical (unpaired) electrons. The van der Waals surface area contributed by atoms with Crippen LogP contribution in [-0.2, 0) is 4.79 Å². The predicted octanol–water partition coefficient (Wildman–Crippen LogP) is 1.64. The average molecular weight is 354 g/mol. The third kappa shape index (κ3) is 3.26. The number of fused-ring (bicyclic) bond motifs is 3. The van der Waals surface area contributed by atoms with Gasteiger partial charge in [0.05, 0.1) is 12.1 Å². The molecule has 0 bridgehead atoms. The molecule has 0 saturated carbocycles. The van der Waals surface area contributed by atoms with Gasteiger partial charge in [-0.05, 0) is 18.4 Å². The number of benzene rings is 1. The number of hydrazine groups is 1. The zero-order valence-corrected chi connectivity index (χ0v) is 15.1. The summed E-state index contributed by atoms with van der Waals surface area (Å²) in [4.78, 5) is 14.0. The minimum atomic E-state index is 0.0901. The SMILES string of the molecule is CCCNC(=O)CCC1=NNC2C3CC(c4ccccc4)NN3C=CN12. The molecule has 3 N–H and O–H groups in total. The van der Waals surface area contributed by atoms with E-state index in [0.29, 0.717) is 24.9 Å². The van der Waals surface area contributed by atoms with Crippen LogP contribution < -0.4 is 16.2 Å². The van der Waals surface area contributed by atoms with Crippen LogP contribution in [0.15, 0.2) is 47.8 Å². The molecule has 1 saturated heterocycles. The number of amides is 1. The van der Waals surface area contributed by atoms with Gasteiger partial charge in [-0.1, -0.05) is 37.3 Å². The number of carbonyl (C=O) groups is 1. The van der Waals surface area contributed by atoms with Crippen molar-refractivity contribution < 1.29 is 4.79 Å². The molecule has 0 spiro atoms. The van der Waals surface area contributed by atoms with E-state index < -0.39 is 0 Å². The van der Waals surface area contributed by atoms with Gasteiger partial charge in [-0.2, -0.15) is 5.10 Å².